The molecular formula is C12H15O5P. The second kappa shape index (κ2) is 6.50. The lowest BCUT2D eigenvalue weighted by Gasteiger charge is -2.04. The molecule has 0 radical (unpaired) electrons. The maximum atomic E-state index is 11.0. The minimum Gasteiger partial charge on any atom is -0.478 e. The first kappa shape index (κ1) is 14.6. The number of carboxylic acids is 1. The van der Waals surface area contributed by atoms with Gasteiger partial charge >= 0.3 is 13.6 Å². The molecule has 0 unspecified atom stereocenters. The van der Waals surface area contributed by atoms with E-state index in [4.69, 9.17) is 14.9 Å². The van der Waals surface area contributed by atoms with Crippen LogP contribution in [0.15, 0.2) is 35.9 Å². The standard InChI is InChI=1S/C12H15O5P/c13-12(14)11(7-4-8-18(15,16)17)9-10-5-2-1-3-6-10/h1-3,5-6,9H,4,7-8H2,(H,13,14)(H2,15,16,17)/b11-9+. The van der Waals surface area contributed by atoms with Crippen molar-refractivity contribution in [2.75, 3.05) is 6.16 Å². The molecule has 0 aromatic heterocycles. The van der Waals surface area contributed by atoms with Crippen LogP contribution in [0.25, 0.3) is 6.08 Å². The predicted octanol–water partition coefficient (Wildman–Crippen LogP) is 2.11. The molecule has 98 valence electrons. The average Bonchev–Trinajstić information content (AvgIpc) is 2.27. The van der Waals surface area contributed by atoms with Gasteiger partial charge in [-0.15, -0.1) is 0 Å². The zero-order valence-electron chi connectivity index (χ0n) is 9.69. The largest absolute Gasteiger partial charge is 0.478 e. The number of rotatable bonds is 6. The van der Waals surface area contributed by atoms with E-state index in [1.54, 1.807) is 24.3 Å². The van der Waals surface area contributed by atoms with Crippen LogP contribution < -0.4 is 0 Å². The molecule has 0 atom stereocenters. The zero-order chi connectivity index (χ0) is 13.6. The second-order valence-corrected chi connectivity index (χ2v) is 5.65. The summed E-state index contributed by atoms with van der Waals surface area (Å²) in [6.45, 7) is 0. The first-order valence-electron chi connectivity index (χ1n) is 5.42. The van der Waals surface area contributed by atoms with Crippen LogP contribution in [0.2, 0.25) is 0 Å². The van der Waals surface area contributed by atoms with E-state index < -0.39 is 13.6 Å². The van der Waals surface area contributed by atoms with Gasteiger partial charge in [-0.2, -0.15) is 0 Å². The lowest BCUT2D eigenvalue weighted by atomic mass is 10.1. The van der Waals surface area contributed by atoms with Crippen molar-refractivity contribution in [2.24, 2.45) is 0 Å². The van der Waals surface area contributed by atoms with Gasteiger partial charge in [-0.3, -0.25) is 4.57 Å². The SMILES string of the molecule is O=C(O)/C(=C/c1ccccc1)CCCP(=O)(O)O. The number of carbonyl (C=O) groups is 1. The fraction of sp³-hybridized carbons (Fsp3) is 0.250. The molecule has 0 saturated carbocycles. The molecule has 0 aliphatic rings. The zero-order valence-corrected chi connectivity index (χ0v) is 10.6. The number of hydrogen-bond donors (Lipinski definition) is 3. The molecule has 3 N–H and O–H groups in total. The van der Waals surface area contributed by atoms with Gasteiger partial charge in [0.2, 0.25) is 0 Å². The summed E-state index contributed by atoms with van der Waals surface area (Å²) >= 11 is 0. The summed E-state index contributed by atoms with van der Waals surface area (Å²) in [5.74, 6) is -1.07. The van der Waals surface area contributed by atoms with Crippen molar-refractivity contribution in [3.63, 3.8) is 0 Å². The van der Waals surface area contributed by atoms with E-state index in [1.165, 1.54) is 6.08 Å². The minimum absolute atomic E-state index is 0.134. The Balaban J connectivity index is 2.70. The van der Waals surface area contributed by atoms with Gasteiger partial charge in [0.05, 0.1) is 6.16 Å². The van der Waals surface area contributed by atoms with Crippen LogP contribution in [-0.4, -0.2) is 27.0 Å². The van der Waals surface area contributed by atoms with E-state index in [9.17, 15) is 9.36 Å². The van der Waals surface area contributed by atoms with Crippen molar-refractivity contribution in [3.8, 4) is 0 Å². The molecule has 0 aliphatic carbocycles. The Hall–Kier alpha value is -1.42. The van der Waals surface area contributed by atoms with Gasteiger partial charge in [-0.05, 0) is 24.5 Å². The highest BCUT2D eigenvalue weighted by molar-refractivity contribution is 7.51. The lowest BCUT2D eigenvalue weighted by molar-refractivity contribution is -0.132. The second-order valence-electron chi connectivity index (χ2n) is 3.88. The molecule has 0 fully saturated rings. The molecule has 0 saturated heterocycles. The monoisotopic (exact) mass is 270 g/mol. The maximum absolute atomic E-state index is 11.0. The molecule has 18 heavy (non-hydrogen) atoms. The van der Waals surface area contributed by atoms with E-state index in [2.05, 4.69) is 0 Å². The Morgan fingerprint density at radius 1 is 1.22 bits per heavy atom. The smallest absolute Gasteiger partial charge is 0.331 e. The molecule has 1 rings (SSSR count). The van der Waals surface area contributed by atoms with Crippen molar-refractivity contribution >= 4 is 19.6 Å². The Morgan fingerprint density at radius 2 is 1.83 bits per heavy atom. The van der Waals surface area contributed by atoms with Crippen LogP contribution in [0.5, 0.6) is 0 Å². The quantitative estimate of drug-likeness (QED) is 0.543. The first-order valence-corrected chi connectivity index (χ1v) is 7.22. The summed E-state index contributed by atoms with van der Waals surface area (Å²) in [5, 5.41) is 9.00. The molecular weight excluding hydrogens is 255 g/mol. The fourth-order valence-electron chi connectivity index (χ4n) is 1.47. The van der Waals surface area contributed by atoms with E-state index in [1.807, 2.05) is 6.07 Å². The van der Waals surface area contributed by atoms with Crippen LogP contribution in [0, 0.1) is 0 Å². The highest BCUT2D eigenvalue weighted by Crippen LogP contribution is 2.35. The average molecular weight is 270 g/mol. The summed E-state index contributed by atoms with van der Waals surface area (Å²) in [5.41, 5.74) is 0.903. The van der Waals surface area contributed by atoms with Gasteiger partial charge in [0.15, 0.2) is 0 Å². The molecule has 0 amide bonds. The van der Waals surface area contributed by atoms with Gasteiger partial charge in [-0.1, -0.05) is 30.3 Å². The Bertz CT molecular complexity index is 475. The third-order valence-electron chi connectivity index (χ3n) is 2.31. The number of aliphatic carboxylic acids is 1. The summed E-state index contributed by atoms with van der Waals surface area (Å²) in [6.07, 6.45) is 1.50. The van der Waals surface area contributed by atoms with Crippen molar-refractivity contribution in [2.45, 2.75) is 12.8 Å². The van der Waals surface area contributed by atoms with Gasteiger partial charge < -0.3 is 14.9 Å². The molecule has 0 spiro atoms. The molecule has 1 aromatic carbocycles. The lowest BCUT2D eigenvalue weighted by Crippen LogP contribution is -2.02. The van der Waals surface area contributed by atoms with Gasteiger partial charge in [0.1, 0.15) is 0 Å². The molecule has 0 heterocycles. The van der Waals surface area contributed by atoms with Crippen molar-refractivity contribution in [1.29, 1.82) is 0 Å². The van der Waals surface area contributed by atoms with Crippen LogP contribution in [0.3, 0.4) is 0 Å². The number of hydrogen-bond acceptors (Lipinski definition) is 2. The molecule has 5 nitrogen and oxygen atoms in total. The molecule has 6 heteroatoms. The summed E-state index contributed by atoms with van der Waals surface area (Å²) in [4.78, 5) is 28.4. The normalized spacial score (nSPS) is 12.4. The Morgan fingerprint density at radius 3 is 2.33 bits per heavy atom. The Labute approximate surface area is 105 Å². The highest BCUT2D eigenvalue weighted by atomic mass is 31.2. The van der Waals surface area contributed by atoms with Crippen molar-refractivity contribution in [3.05, 3.63) is 41.5 Å². The minimum atomic E-state index is -4.05. The summed E-state index contributed by atoms with van der Waals surface area (Å²) in [6, 6.07) is 8.95. The van der Waals surface area contributed by atoms with E-state index in [-0.39, 0.29) is 24.6 Å². The fourth-order valence-corrected chi connectivity index (χ4v) is 2.04. The summed E-state index contributed by atoms with van der Waals surface area (Å²) in [7, 11) is -4.05. The molecule has 0 bridgehead atoms. The molecule has 0 aliphatic heterocycles. The summed E-state index contributed by atoms with van der Waals surface area (Å²) < 4.78 is 10.7. The van der Waals surface area contributed by atoms with E-state index in [0.717, 1.165) is 5.56 Å². The third-order valence-corrected chi connectivity index (χ3v) is 3.21. The number of carboxylic acid groups (broad SMARTS) is 1. The van der Waals surface area contributed by atoms with Crippen molar-refractivity contribution in [1.82, 2.24) is 0 Å². The van der Waals surface area contributed by atoms with Crippen LogP contribution in [0.4, 0.5) is 0 Å². The third kappa shape index (κ3) is 5.77. The van der Waals surface area contributed by atoms with E-state index >= 15 is 0 Å². The first-order chi connectivity index (χ1) is 8.38. The predicted molar refractivity (Wildman–Crippen MR) is 68.2 cm³/mol. The van der Waals surface area contributed by atoms with Gasteiger partial charge in [-0.25, -0.2) is 4.79 Å². The van der Waals surface area contributed by atoms with Gasteiger partial charge in [0.25, 0.3) is 0 Å². The van der Waals surface area contributed by atoms with Crippen LogP contribution in [0.1, 0.15) is 18.4 Å². The topological polar surface area (TPSA) is 94.8 Å². The van der Waals surface area contributed by atoms with Crippen LogP contribution in [-0.2, 0) is 9.36 Å². The Kier molecular flexibility index (Phi) is 5.28. The molecule has 1 aromatic rings. The van der Waals surface area contributed by atoms with Gasteiger partial charge in [0, 0.05) is 5.57 Å². The maximum Gasteiger partial charge on any atom is 0.331 e. The van der Waals surface area contributed by atoms with E-state index in [0.29, 0.717) is 0 Å². The van der Waals surface area contributed by atoms with Crippen molar-refractivity contribution < 1.29 is 24.3 Å². The number of benzene rings is 1. The highest BCUT2D eigenvalue weighted by Gasteiger charge is 2.14. The van der Waals surface area contributed by atoms with Crippen LogP contribution >= 0.6 is 7.60 Å².